The van der Waals surface area contributed by atoms with E-state index >= 15 is 0 Å². The lowest BCUT2D eigenvalue weighted by Crippen LogP contribution is -2.50. The van der Waals surface area contributed by atoms with E-state index in [1.165, 1.54) is 0 Å². The molecule has 1 aromatic heterocycles. The number of carbonyl (C=O) groups is 1. The summed E-state index contributed by atoms with van der Waals surface area (Å²) in [4.78, 5) is 16.1. The van der Waals surface area contributed by atoms with Crippen LogP contribution in [-0.2, 0) is 11.3 Å². The van der Waals surface area contributed by atoms with Crippen molar-refractivity contribution in [1.82, 2.24) is 14.7 Å². The molecule has 1 saturated heterocycles. The number of hydrogen-bond donors (Lipinski definition) is 1. The molecule has 0 spiro atoms. The monoisotopic (exact) mass is 323 g/mol. The van der Waals surface area contributed by atoms with E-state index in [0.717, 1.165) is 43.3 Å². The Morgan fingerprint density at radius 2 is 1.87 bits per heavy atom. The Labute approximate surface area is 138 Å². The molecule has 0 radical (unpaired) electrons. The molecular weight excluding hydrogens is 294 g/mol. The minimum absolute atomic E-state index is 0.247. The minimum Gasteiger partial charge on any atom is -0.444 e. The molecule has 0 saturated carbocycles. The van der Waals surface area contributed by atoms with Gasteiger partial charge in [0.05, 0.1) is 11.4 Å². The van der Waals surface area contributed by atoms with Crippen molar-refractivity contribution in [2.24, 2.45) is 0 Å². The van der Waals surface area contributed by atoms with Gasteiger partial charge in [0.2, 0.25) is 0 Å². The summed E-state index contributed by atoms with van der Waals surface area (Å²) in [5.74, 6) is 0.980. The third-order valence-corrected chi connectivity index (χ3v) is 3.81. The lowest BCUT2D eigenvalue weighted by Gasteiger charge is -2.36. The first-order chi connectivity index (χ1) is 10.7. The van der Waals surface area contributed by atoms with E-state index in [9.17, 15) is 4.79 Å². The van der Waals surface area contributed by atoms with Gasteiger partial charge in [0.15, 0.2) is 5.82 Å². The molecule has 1 fully saturated rings. The second kappa shape index (κ2) is 6.68. The third-order valence-electron chi connectivity index (χ3n) is 3.81. The van der Waals surface area contributed by atoms with E-state index in [2.05, 4.69) is 16.9 Å². The lowest BCUT2D eigenvalue weighted by molar-refractivity contribution is 0.0240. The van der Waals surface area contributed by atoms with Crippen molar-refractivity contribution in [3.8, 4) is 0 Å². The van der Waals surface area contributed by atoms with Crippen LogP contribution in [0.4, 0.5) is 16.3 Å². The smallest absolute Gasteiger partial charge is 0.410 e. The van der Waals surface area contributed by atoms with Gasteiger partial charge < -0.3 is 20.3 Å². The fourth-order valence-electron chi connectivity index (χ4n) is 2.71. The summed E-state index contributed by atoms with van der Waals surface area (Å²) in [6.45, 7) is 13.3. The zero-order valence-corrected chi connectivity index (χ0v) is 14.9. The van der Waals surface area contributed by atoms with Crippen molar-refractivity contribution >= 4 is 17.6 Å². The Morgan fingerprint density at radius 3 is 2.39 bits per heavy atom. The van der Waals surface area contributed by atoms with Gasteiger partial charge >= 0.3 is 6.09 Å². The number of nitrogen functional groups attached to an aromatic ring is 1. The van der Waals surface area contributed by atoms with Crippen LogP contribution in [0, 0.1) is 6.92 Å². The van der Waals surface area contributed by atoms with Crippen molar-refractivity contribution in [2.75, 3.05) is 36.8 Å². The molecule has 1 aliphatic rings. The topological polar surface area (TPSA) is 76.6 Å². The van der Waals surface area contributed by atoms with Gasteiger partial charge in [0.1, 0.15) is 5.60 Å². The normalized spacial score (nSPS) is 15.9. The van der Waals surface area contributed by atoms with Gasteiger partial charge in [0, 0.05) is 32.7 Å². The minimum atomic E-state index is -0.463. The number of piperazine rings is 1. The van der Waals surface area contributed by atoms with Crippen LogP contribution in [0.2, 0.25) is 0 Å². The molecule has 0 aromatic carbocycles. The second-order valence-electron chi connectivity index (χ2n) is 7.00. The van der Waals surface area contributed by atoms with Crippen LogP contribution in [0.3, 0.4) is 0 Å². The van der Waals surface area contributed by atoms with Crippen molar-refractivity contribution < 1.29 is 9.53 Å². The Balaban J connectivity index is 2.03. The molecule has 1 aliphatic heterocycles. The van der Waals surface area contributed by atoms with Crippen LogP contribution in [-0.4, -0.2) is 52.6 Å². The van der Waals surface area contributed by atoms with Crippen molar-refractivity contribution in [3.05, 3.63) is 5.69 Å². The molecule has 1 aromatic rings. The van der Waals surface area contributed by atoms with Gasteiger partial charge in [0.25, 0.3) is 0 Å². The average molecular weight is 323 g/mol. The maximum Gasteiger partial charge on any atom is 0.410 e. The van der Waals surface area contributed by atoms with Gasteiger partial charge in [-0.1, -0.05) is 6.92 Å². The molecule has 2 N–H and O–H groups in total. The Bertz CT molecular complexity index is 554. The summed E-state index contributed by atoms with van der Waals surface area (Å²) in [7, 11) is 0. The van der Waals surface area contributed by atoms with Crippen molar-refractivity contribution in [3.63, 3.8) is 0 Å². The fourth-order valence-corrected chi connectivity index (χ4v) is 2.71. The van der Waals surface area contributed by atoms with Gasteiger partial charge in [-0.05, 0) is 34.1 Å². The molecular formula is C16H29N5O2. The van der Waals surface area contributed by atoms with E-state index in [1.54, 1.807) is 4.90 Å². The highest BCUT2D eigenvalue weighted by atomic mass is 16.6. The highest BCUT2D eigenvalue weighted by Gasteiger charge is 2.28. The van der Waals surface area contributed by atoms with Crippen LogP contribution in [0.25, 0.3) is 0 Å². The number of aromatic nitrogens is 2. The molecule has 1 amide bonds. The number of carbonyl (C=O) groups excluding carboxylic acids is 1. The highest BCUT2D eigenvalue weighted by Crippen LogP contribution is 2.28. The molecule has 130 valence electrons. The summed E-state index contributed by atoms with van der Waals surface area (Å²) in [5.41, 5.74) is 7.35. The van der Waals surface area contributed by atoms with Crippen molar-refractivity contribution in [1.29, 1.82) is 0 Å². The van der Waals surface area contributed by atoms with Gasteiger partial charge in [-0.25, -0.2) is 9.48 Å². The largest absolute Gasteiger partial charge is 0.444 e. The Kier molecular flexibility index (Phi) is 5.06. The predicted molar refractivity (Wildman–Crippen MR) is 91.7 cm³/mol. The molecule has 0 aliphatic carbocycles. The molecule has 7 heteroatoms. The number of nitrogens with two attached hydrogens (primary N) is 1. The molecule has 23 heavy (non-hydrogen) atoms. The van der Waals surface area contributed by atoms with Crippen LogP contribution in [0.5, 0.6) is 0 Å². The number of ether oxygens (including phenoxy) is 1. The first-order valence-corrected chi connectivity index (χ1v) is 8.28. The molecule has 2 rings (SSSR count). The SMILES string of the molecule is CCCn1nc(C)c(N)c1N1CCN(C(=O)OC(C)(C)C)CC1. The number of nitrogens with zero attached hydrogens (tertiary/aromatic N) is 4. The Hall–Kier alpha value is -1.92. The highest BCUT2D eigenvalue weighted by molar-refractivity contribution is 5.70. The van der Waals surface area contributed by atoms with E-state index in [-0.39, 0.29) is 6.09 Å². The fraction of sp³-hybridized carbons (Fsp3) is 0.750. The number of rotatable bonds is 3. The Morgan fingerprint density at radius 1 is 1.26 bits per heavy atom. The van der Waals surface area contributed by atoms with Gasteiger partial charge in [-0.2, -0.15) is 5.10 Å². The molecule has 7 nitrogen and oxygen atoms in total. The standard InChI is InChI=1S/C16H29N5O2/c1-6-7-21-14(13(17)12(2)18-21)19-8-10-20(11-9-19)15(22)23-16(3,4)5/h6-11,17H2,1-5H3. The molecule has 0 bridgehead atoms. The van der Waals surface area contributed by atoms with Gasteiger partial charge in [-0.15, -0.1) is 0 Å². The van der Waals surface area contributed by atoms with E-state index < -0.39 is 5.60 Å². The third kappa shape index (κ3) is 4.09. The average Bonchev–Trinajstić information content (AvgIpc) is 2.73. The van der Waals surface area contributed by atoms with Crippen LogP contribution in [0.15, 0.2) is 0 Å². The van der Waals surface area contributed by atoms with Crippen molar-refractivity contribution in [2.45, 2.75) is 53.2 Å². The number of anilines is 2. The maximum atomic E-state index is 12.1. The van der Waals surface area contributed by atoms with Gasteiger partial charge in [-0.3, -0.25) is 0 Å². The summed E-state index contributed by atoms with van der Waals surface area (Å²) in [6.07, 6.45) is 0.759. The summed E-state index contributed by atoms with van der Waals surface area (Å²) in [6, 6.07) is 0. The summed E-state index contributed by atoms with van der Waals surface area (Å²) >= 11 is 0. The molecule has 0 unspecified atom stereocenters. The first kappa shape index (κ1) is 17.4. The van der Waals surface area contributed by atoms with E-state index in [4.69, 9.17) is 10.5 Å². The second-order valence-corrected chi connectivity index (χ2v) is 7.00. The quantitative estimate of drug-likeness (QED) is 0.923. The summed E-state index contributed by atoms with van der Waals surface area (Å²) in [5, 5.41) is 4.52. The van der Waals surface area contributed by atoms with E-state index in [0.29, 0.717) is 13.1 Å². The zero-order chi connectivity index (χ0) is 17.2. The molecule has 2 heterocycles. The lowest BCUT2D eigenvalue weighted by atomic mass is 10.2. The maximum absolute atomic E-state index is 12.1. The molecule has 0 atom stereocenters. The van der Waals surface area contributed by atoms with E-state index in [1.807, 2.05) is 32.4 Å². The number of hydrogen-bond acceptors (Lipinski definition) is 5. The van der Waals surface area contributed by atoms with Crippen LogP contribution in [0.1, 0.15) is 39.8 Å². The number of aryl methyl sites for hydroxylation is 2. The van der Waals surface area contributed by atoms with Crippen LogP contribution < -0.4 is 10.6 Å². The number of amides is 1. The predicted octanol–water partition coefficient (Wildman–Crippen LogP) is 2.24. The summed E-state index contributed by atoms with van der Waals surface area (Å²) < 4.78 is 7.41. The zero-order valence-electron chi connectivity index (χ0n) is 14.9. The first-order valence-electron chi connectivity index (χ1n) is 8.28. The van der Waals surface area contributed by atoms with Crippen LogP contribution >= 0.6 is 0 Å².